The lowest BCUT2D eigenvalue weighted by Crippen LogP contribution is -2.24. The molecule has 118 valence electrons. The Kier molecular flexibility index (Phi) is 3.46. The van der Waals surface area contributed by atoms with Crippen molar-refractivity contribution >= 4 is 21.6 Å². The molecule has 2 aromatic rings. The smallest absolute Gasteiger partial charge is 0.148 e. The lowest BCUT2D eigenvalue weighted by molar-refractivity contribution is 0.0642. The first-order valence-electron chi connectivity index (χ1n) is 7.76. The molecule has 0 N–H and O–H groups in total. The molecule has 0 spiro atoms. The van der Waals surface area contributed by atoms with Gasteiger partial charge < -0.3 is 14.2 Å². The van der Waals surface area contributed by atoms with Crippen LogP contribution >= 0.6 is 21.6 Å². The largest absolute Gasteiger partial charge is 0.369 e. The zero-order valence-corrected chi connectivity index (χ0v) is 14.0. The zero-order valence-electron chi connectivity index (χ0n) is 12.3. The summed E-state index contributed by atoms with van der Waals surface area (Å²) < 4.78 is 17.9. The van der Waals surface area contributed by atoms with Gasteiger partial charge in [0.25, 0.3) is 0 Å². The molecule has 23 heavy (non-hydrogen) atoms. The Hall–Kier alpha value is -0.980. The third-order valence-corrected chi connectivity index (χ3v) is 7.22. The van der Waals surface area contributed by atoms with Gasteiger partial charge in [0.15, 0.2) is 0 Å². The van der Waals surface area contributed by atoms with E-state index < -0.39 is 0 Å². The molecule has 0 aliphatic carbocycles. The first-order chi connectivity index (χ1) is 11.4. The van der Waals surface area contributed by atoms with Crippen molar-refractivity contribution in [3.63, 3.8) is 0 Å². The lowest BCUT2D eigenvalue weighted by atomic mass is 9.88. The average Bonchev–Trinajstić information content (AvgIpc) is 3.55. The molecule has 3 aliphatic rings. The maximum Gasteiger partial charge on any atom is 0.148 e. The fraction of sp³-hybridized carbons (Fsp3) is 0.333. The Morgan fingerprint density at radius 2 is 1.39 bits per heavy atom. The maximum atomic E-state index is 6.31. The first-order valence-corrected chi connectivity index (χ1v) is 10.0. The molecule has 0 amide bonds. The van der Waals surface area contributed by atoms with Crippen molar-refractivity contribution in [2.75, 3.05) is 6.61 Å². The van der Waals surface area contributed by atoms with Gasteiger partial charge in [0.2, 0.25) is 0 Å². The van der Waals surface area contributed by atoms with E-state index in [1.54, 1.807) is 21.6 Å². The van der Waals surface area contributed by atoms with Gasteiger partial charge in [0.1, 0.15) is 28.7 Å². The summed E-state index contributed by atoms with van der Waals surface area (Å²) in [6.07, 6.45) is 0.299. The molecule has 5 rings (SSSR count). The van der Waals surface area contributed by atoms with Gasteiger partial charge in [-0.2, -0.15) is 0 Å². The summed E-state index contributed by atoms with van der Waals surface area (Å²) in [5, 5.41) is 0. The second-order valence-corrected chi connectivity index (χ2v) is 8.41. The SMILES string of the molecule is c1ccc(C2(c3ccccc3)OC2C2OC(C3CO3)SS2)cc1. The molecule has 5 heteroatoms. The second kappa shape index (κ2) is 5.53. The Morgan fingerprint density at radius 3 is 1.96 bits per heavy atom. The maximum absolute atomic E-state index is 6.31. The molecule has 0 bridgehead atoms. The third-order valence-electron chi connectivity index (χ3n) is 4.48. The lowest BCUT2D eigenvalue weighted by Gasteiger charge is -2.16. The van der Waals surface area contributed by atoms with Gasteiger partial charge in [-0.1, -0.05) is 82.3 Å². The van der Waals surface area contributed by atoms with Crippen LogP contribution in [0.4, 0.5) is 0 Å². The monoisotopic (exact) mass is 344 g/mol. The molecule has 0 aromatic heterocycles. The van der Waals surface area contributed by atoms with Crippen LogP contribution in [0.25, 0.3) is 0 Å². The summed E-state index contributed by atoms with van der Waals surface area (Å²) in [7, 11) is 3.54. The van der Waals surface area contributed by atoms with E-state index in [9.17, 15) is 0 Å². The van der Waals surface area contributed by atoms with Crippen molar-refractivity contribution in [2.24, 2.45) is 0 Å². The minimum atomic E-state index is -0.389. The number of ether oxygens (including phenoxy) is 3. The van der Waals surface area contributed by atoms with Crippen molar-refractivity contribution in [3.05, 3.63) is 71.8 Å². The highest BCUT2D eigenvalue weighted by Gasteiger charge is 2.64. The molecule has 3 heterocycles. The molecule has 2 aromatic carbocycles. The fourth-order valence-electron chi connectivity index (χ4n) is 3.19. The highest BCUT2D eigenvalue weighted by atomic mass is 33.1. The standard InChI is InChI=1S/C18H16O3S2/c1-3-7-12(8-4-1)18(13-9-5-2-6-10-13)15(21-18)17-20-16(22-23-17)14-11-19-14/h1-10,14-17H,11H2. The number of hydrogen-bond donors (Lipinski definition) is 0. The van der Waals surface area contributed by atoms with Gasteiger partial charge in [0, 0.05) is 0 Å². The van der Waals surface area contributed by atoms with Crippen molar-refractivity contribution in [1.29, 1.82) is 0 Å². The molecule has 3 fully saturated rings. The van der Waals surface area contributed by atoms with E-state index in [1.165, 1.54) is 11.1 Å². The molecular weight excluding hydrogens is 328 g/mol. The number of benzene rings is 2. The Labute approximate surface area is 143 Å². The van der Waals surface area contributed by atoms with Crippen LogP contribution in [0.1, 0.15) is 11.1 Å². The predicted octanol–water partition coefficient (Wildman–Crippen LogP) is 3.79. The van der Waals surface area contributed by atoms with Crippen molar-refractivity contribution < 1.29 is 14.2 Å². The van der Waals surface area contributed by atoms with E-state index in [4.69, 9.17) is 14.2 Å². The fourth-order valence-corrected chi connectivity index (χ4v) is 6.04. The minimum Gasteiger partial charge on any atom is -0.369 e. The van der Waals surface area contributed by atoms with Crippen LogP contribution in [0.5, 0.6) is 0 Å². The first kappa shape index (κ1) is 14.4. The molecule has 3 nitrogen and oxygen atoms in total. The summed E-state index contributed by atoms with van der Waals surface area (Å²) in [6, 6.07) is 20.9. The van der Waals surface area contributed by atoms with Gasteiger partial charge in [0.05, 0.1) is 6.61 Å². The van der Waals surface area contributed by atoms with Crippen molar-refractivity contribution in [1.82, 2.24) is 0 Å². The van der Waals surface area contributed by atoms with Gasteiger partial charge in [-0.3, -0.25) is 0 Å². The van der Waals surface area contributed by atoms with Gasteiger partial charge >= 0.3 is 0 Å². The van der Waals surface area contributed by atoms with Crippen LogP contribution in [-0.4, -0.2) is 29.7 Å². The molecule has 3 saturated heterocycles. The normalized spacial score (nSPS) is 34.3. The number of hydrogen-bond acceptors (Lipinski definition) is 5. The van der Waals surface area contributed by atoms with Gasteiger partial charge in [-0.25, -0.2) is 0 Å². The molecule has 4 atom stereocenters. The zero-order chi connectivity index (χ0) is 15.3. The molecule has 0 radical (unpaired) electrons. The third kappa shape index (κ3) is 2.42. The Morgan fingerprint density at radius 1 is 0.826 bits per heavy atom. The van der Waals surface area contributed by atoms with E-state index >= 15 is 0 Å². The molecule has 3 aliphatic heterocycles. The number of epoxide rings is 2. The topological polar surface area (TPSA) is 34.3 Å². The molecular formula is C18H16O3S2. The number of rotatable bonds is 4. The van der Waals surface area contributed by atoms with Crippen LogP contribution in [-0.2, 0) is 19.8 Å². The summed E-state index contributed by atoms with van der Waals surface area (Å²) >= 11 is 0. The second-order valence-electron chi connectivity index (χ2n) is 5.94. The van der Waals surface area contributed by atoms with E-state index in [2.05, 4.69) is 48.5 Å². The van der Waals surface area contributed by atoms with Crippen LogP contribution in [0.3, 0.4) is 0 Å². The average molecular weight is 344 g/mol. The highest BCUT2D eigenvalue weighted by molar-refractivity contribution is 8.77. The Bertz CT molecular complexity index is 650. The van der Waals surface area contributed by atoms with Crippen LogP contribution < -0.4 is 0 Å². The van der Waals surface area contributed by atoms with Gasteiger partial charge in [-0.15, -0.1) is 0 Å². The predicted molar refractivity (Wildman–Crippen MR) is 92.1 cm³/mol. The quantitative estimate of drug-likeness (QED) is 0.623. The molecule has 4 unspecified atom stereocenters. The van der Waals surface area contributed by atoms with E-state index in [0.29, 0.717) is 0 Å². The summed E-state index contributed by atoms with van der Waals surface area (Å²) in [5.41, 5.74) is 2.17. The van der Waals surface area contributed by atoms with E-state index in [0.717, 1.165) is 6.61 Å². The van der Waals surface area contributed by atoms with E-state index in [1.807, 2.05) is 12.1 Å². The summed E-state index contributed by atoms with van der Waals surface area (Å²) in [4.78, 5) is 0. The summed E-state index contributed by atoms with van der Waals surface area (Å²) in [5.74, 6) is 0. The summed E-state index contributed by atoms with van der Waals surface area (Å²) in [6.45, 7) is 0.818. The minimum absolute atomic E-state index is 0.0357. The van der Waals surface area contributed by atoms with Crippen molar-refractivity contribution in [2.45, 2.75) is 28.7 Å². The van der Waals surface area contributed by atoms with E-state index in [-0.39, 0.29) is 28.7 Å². The van der Waals surface area contributed by atoms with Crippen molar-refractivity contribution in [3.8, 4) is 0 Å². The van der Waals surface area contributed by atoms with Crippen LogP contribution in [0.15, 0.2) is 60.7 Å². The van der Waals surface area contributed by atoms with Crippen LogP contribution in [0, 0.1) is 0 Å². The van der Waals surface area contributed by atoms with Gasteiger partial charge in [-0.05, 0) is 11.1 Å². The molecule has 0 saturated carbocycles. The highest BCUT2D eigenvalue weighted by Crippen LogP contribution is 2.60. The van der Waals surface area contributed by atoms with Crippen LogP contribution in [0.2, 0.25) is 0 Å². The Balaban J connectivity index is 1.47.